The Morgan fingerprint density at radius 2 is 2.18 bits per heavy atom. The summed E-state index contributed by atoms with van der Waals surface area (Å²) in [6, 6.07) is 0. The smallest absolute Gasteiger partial charge is 0.220 e. The van der Waals surface area contributed by atoms with Crippen molar-refractivity contribution in [1.82, 2.24) is 10.3 Å². The molecule has 0 spiro atoms. The summed E-state index contributed by atoms with van der Waals surface area (Å²) in [5.41, 5.74) is 8.27. The standard InChI is InChI=1S/C12H21N3OS/c13-7-4-2-1-3-5-12(16)14-8-6-11-9-17-10-15-11/h9-10H,1-8,13H2,(H,14,16). The van der Waals surface area contributed by atoms with Gasteiger partial charge >= 0.3 is 0 Å². The predicted octanol–water partition coefficient (Wildman–Crippen LogP) is 1.71. The monoisotopic (exact) mass is 255 g/mol. The molecule has 0 fully saturated rings. The zero-order chi connectivity index (χ0) is 12.3. The molecule has 4 nitrogen and oxygen atoms in total. The Bertz CT molecular complexity index is 301. The highest BCUT2D eigenvalue weighted by Crippen LogP contribution is 2.03. The molecule has 0 aliphatic heterocycles. The van der Waals surface area contributed by atoms with Crippen LogP contribution in [0.3, 0.4) is 0 Å². The van der Waals surface area contributed by atoms with Crippen molar-refractivity contribution in [2.75, 3.05) is 13.1 Å². The summed E-state index contributed by atoms with van der Waals surface area (Å²) < 4.78 is 0. The van der Waals surface area contributed by atoms with E-state index in [0.29, 0.717) is 13.0 Å². The number of hydrogen-bond donors (Lipinski definition) is 2. The summed E-state index contributed by atoms with van der Waals surface area (Å²) in [6.07, 6.45) is 5.69. The van der Waals surface area contributed by atoms with Crippen LogP contribution < -0.4 is 11.1 Å². The predicted molar refractivity (Wildman–Crippen MR) is 71.0 cm³/mol. The third-order valence-electron chi connectivity index (χ3n) is 2.54. The van der Waals surface area contributed by atoms with E-state index in [1.165, 1.54) is 0 Å². The molecule has 1 aromatic rings. The van der Waals surface area contributed by atoms with Crippen LogP contribution in [-0.4, -0.2) is 24.0 Å². The molecule has 0 bridgehead atoms. The Morgan fingerprint density at radius 1 is 1.35 bits per heavy atom. The first-order chi connectivity index (χ1) is 8.33. The minimum atomic E-state index is 0.146. The van der Waals surface area contributed by atoms with Crippen molar-refractivity contribution >= 4 is 17.2 Å². The molecule has 0 saturated carbocycles. The Kier molecular flexibility index (Phi) is 7.58. The minimum Gasteiger partial charge on any atom is -0.356 e. The molecule has 5 heteroatoms. The normalized spacial score (nSPS) is 10.4. The van der Waals surface area contributed by atoms with Gasteiger partial charge in [-0.15, -0.1) is 11.3 Å². The molecule has 0 unspecified atom stereocenters. The van der Waals surface area contributed by atoms with Crippen molar-refractivity contribution in [3.63, 3.8) is 0 Å². The number of aromatic nitrogens is 1. The van der Waals surface area contributed by atoms with Crippen LogP contribution in [0.4, 0.5) is 0 Å². The summed E-state index contributed by atoms with van der Waals surface area (Å²) in [4.78, 5) is 15.6. The van der Waals surface area contributed by atoms with E-state index in [-0.39, 0.29) is 5.91 Å². The minimum absolute atomic E-state index is 0.146. The lowest BCUT2D eigenvalue weighted by Gasteiger charge is -2.03. The topological polar surface area (TPSA) is 68.0 Å². The van der Waals surface area contributed by atoms with Gasteiger partial charge in [0, 0.05) is 24.8 Å². The average molecular weight is 255 g/mol. The SMILES string of the molecule is NCCCCCCC(=O)NCCc1cscn1. The third kappa shape index (κ3) is 7.07. The second kappa shape index (κ2) is 9.13. The van der Waals surface area contributed by atoms with E-state index >= 15 is 0 Å². The van der Waals surface area contributed by atoms with Gasteiger partial charge in [0.15, 0.2) is 0 Å². The molecule has 0 saturated heterocycles. The van der Waals surface area contributed by atoms with Crippen LogP contribution in [0, 0.1) is 0 Å². The maximum Gasteiger partial charge on any atom is 0.220 e. The van der Waals surface area contributed by atoms with Gasteiger partial charge in [-0.2, -0.15) is 0 Å². The molecule has 0 atom stereocenters. The van der Waals surface area contributed by atoms with Crippen LogP contribution in [0.15, 0.2) is 10.9 Å². The van der Waals surface area contributed by atoms with E-state index < -0.39 is 0 Å². The highest BCUT2D eigenvalue weighted by Gasteiger charge is 2.01. The van der Waals surface area contributed by atoms with Gasteiger partial charge in [-0.3, -0.25) is 4.79 Å². The molecular formula is C12H21N3OS. The van der Waals surface area contributed by atoms with Crippen LogP contribution in [0.25, 0.3) is 0 Å². The molecule has 0 aliphatic carbocycles. The number of thiazole rings is 1. The number of carbonyl (C=O) groups excluding carboxylic acids is 1. The lowest BCUT2D eigenvalue weighted by atomic mass is 10.1. The summed E-state index contributed by atoms with van der Waals surface area (Å²) in [5.74, 6) is 0.146. The Balaban J connectivity index is 1.94. The van der Waals surface area contributed by atoms with Gasteiger partial charge < -0.3 is 11.1 Å². The molecule has 1 amide bonds. The number of amides is 1. The van der Waals surface area contributed by atoms with Crippen molar-refractivity contribution in [3.05, 3.63) is 16.6 Å². The fourth-order valence-corrected chi connectivity index (χ4v) is 2.16. The highest BCUT2D eigenvalue weighted by molar-refractivity contribution is 7.07. The fraction of sp³-hybridized carbons (Fsp3) is 0.667. The van der Waals surface area contributed by atoms with Crippen LogP contribution in [-0.2, 0) is 11.2 Å². The Hall–Kier alpha value is -0.940. The van der Waals surface area contributed by atoms with Crippen LogP contribution >= 0.6 is 11.3 Å². The third-order valence-corrected chi connectivity index (χ3v) is 3.18. The molecule has 3 N–H and O–H groups in total. The molecule has 0 aromatic carbocycles. The molecule has 0 radical (unpaired) electrons. The van der Waals surface area contributed by atoms with Crippen molar-refractivity contribution in [2.24, 2.45) is 5.73 Å². The summed E-state index contributed by atoms with van der Waals surface area (Å²) in [5, 5.41) is 4.93. The molecule has 96 valence electrons. The average Bonchev–Trinajstić information content (AvgIpc) is 2.82. The second-order valence-corrected chi connectivity index (χ2v) is 4.75. The van der Waals surface area contributed by atoms with Crippen molar-refractivity contribution in [2.45, 2.75) is 38.5 Å². The van der Waals surface area contributed by atoms with Gasteiger partial charge in [-0.05, 0) is 19.4 Å². The van der Waals surface area contributed by atoms with Gasteiger partial charge in [-0.1, -0.05) is 12.8 Å². The number of rotatable bonds is 9. The van der Waals surface area contributed by atoms with Crippen LogP contribution in [0.2, 0.25) is 0 Å². The summed E-state index contributed by atoms with van der Waals surface area (Å²) >= 11 is 1.59. The number of nitrogens with two attached hydrogens (primary N) is 1. The van der Waals surface area contributed by atoms with E-state index in [4.69, 9.17) is 5.73 Å². The quantitative estimate of drug-likeness (QED) is 0.660. The second-order valence-electron chi connectivity index (χ2n) is 4.03. The van der Waals surface area contributed by atoms with Gasteiger partial charge in [0.1, 0.15) is 0 Å². The first-order valence-electron chi connectivity index (χ1n) is 6.16. The van der Waals surface area contributed by atoms with E-state index in [1.807, 2.05) is 10.9 Å². The lowest BCUT2D eigenvalue weighted by molar-refractivity contribution is -0.121. The van der Waals surface area contributed by atoms with Gasteiger partial charge in [0.25, 0.3) is 0 Å². The fourth-order valence-electron chi connectivity index (χ4n) is 1.56. The highest BCUT2D eigenvalue weighted by atomic mass is 32.1. The maximum absolute atomic E-state index is 11.5. The first kappa shape index (κ1) is 14.1. The molecule has 17 heavy (non-hydrogen) atoms. The molecule has 1 heterocycles. The van der Waals surface area contributed by atoms with E-state index in [2.05, 4.69) is 10.3 Å². The zero-order valence-electron chi connectivity index (χ0n) is 10.2. The summed E-state index contributed by atoms with van der Waals surface area (Å²) in [6.45, 7) is 1.44. The molecule has 1 aromatic heterocycles. The van der Waals surface area contributed by atoms with Gasteiger partial charge in [-0.25, -0.2) is 4.98 Å². The first-order valence-corrected chi connectivity index (χ1v) is 7.11. The number of nitrogens with one attached hydrogen (secondary N) is 1. The van der Waals surface area contributed by atoms with E-state index in [0.717, 1.165) is 44.3 Å². The van der Waals surface area contributed by atoms with Gasteiger partial charge in [0.2, 0.25) is 5.91 Å². The number of unbranched alkanes of at least 4 members (excludes halogenated alkanes) is 3. The number of carbonyl (C=O) groups is 1. The Labute approximate surface area is 107 Å². The largest absolute Gasteiger partial charge is 0.356 e. The van der Waals surface area contributed by atoms with Crippen LogP contribution in [0.5, 0.6) is 0 Å². The lowest BCUT2D eigenvalue weighted by Crippen LogP contribution is -2.25. The van der Waals surface area contributed by atoms with E-state index in [1.54, 1.807) is 11.3 Å². The van der Waals surface area contributed by atoms with Crippen molar-refractivity contribution < 1.29 is 4.79 Å². The van der Waals surface area contributed by atoms with Crippen molar-refractivity contribution in [1.29, 1.82) is 0 Å². The van der Waals surface area contributed by atoms with Crippen molar-refractivity contribution in [3.8, 4) is 0 Å². The summed E-state index contributed by atoms with van der Waals surface area (Å²) in [7, 11) is 0. The number of hydrogen-bond acceptors (Lipinski definition) is 4. The molecular weight excluding hydrogens is 234 g/mol. The number of nitrogens with zero attached hydrogens (tertiary/aromatic N) is 1. The van der Waals surface area contributed by atoms with Gasteiger partial charge in [0.05, 0.1) is 11.2 Å². The van der Waals surface area contributed by atoms with E-state index in [9.17, 15) is 4.79 Å². The Morgan fingerprint density at radius 3 is 2.88 bits per heavy atom. The van der Waals surface area contributed by atoms with Crippen LogP contribution in [0.1, 0.15) is 37.8 Å². The zero-order valence-corrected chi connectivity index (χ0v) is 11.0. The molecule has 0 aliphatic rings. The molecule has 1 rings (SSSR count). The maximum atomic E-state index is 11.5.